The molecule has 1 saturated heterocycles. The lowest BCUT2D eigenvalue weighted by Crippen LogP contribution is -2.40. The van der Waals surface area contributed by atoms with Crippen LogP contribution in [0.1, 0.15) is 19.3 Å². The number of carbonyl (C=O) groups excluding carboxylic acids is 1. The second kappa shape index (κ2) is 4.99. The number of carboxylic acids is 1. The molecule has 1 atom stereocenters. The van der Waals surface area contributed by atoms with Gasteiger partial charge >= 0.3 is 5.97 Å². The van der Waals surface area contributed by atoms with Crippen LogP contribution in [0.3, 0.4) is 0 Å². The van der Waals surface area contributed by atoms with Gasteiger partial charge in [0.05, 0.1) is 6.33 Å². The molecule has 0 radical (unpaired) electrons. The lowest BCUT2D eigenvalue weighted by molar-refractivity contribution is -0.148. The molecule has 1 aromatic rings. The smallest absolute Gasteiger partial charge is 0.326 e. The van der Waals surface area contributed by atoms with Crippen molar-refractivity contribution in [3.63, 3.8) is 0 Å². The van der Waals surface area contributed by atoms with E-state index in [-0.39, 0.29) is 5.91 Å². The molecule has 1 N–H and O–H groups in total. The molecule has 1 unspecified atom stereocenters. The molecule has 17 heavy (non-hydrogen) atoms. The lowest BCUT2D eigenvalue weighted by atomic mass is 10.2. The molecule has 2 heterocycles. The maximum absolute atomic E-state index is 11.9. The molecule has 2 rings (SSSR count). The average Bonchev–Trinajstić information content (AvgIpc) is 2.96. The van der Waals surface area contributed by atoms with Gasteiger partial charge in [0.15, 0.2) is 0 Å². The molecule has 1 aliphatic heterocycles. The van der Waals surface area contributed by atoms with Crippen molar-refractivity contribution in [2.45, 2.75) is 31.8 Å². The minimum atomic E-state index is -0.904. The summed E-state index contributed by atoms with van der Waals surface area (Å²) in [7, 11) is 0. The predicted octanol–water partition coefficient (Wildman–Crippen LogP) is 0.349. The summed E-state index contributed by atoms with van der Waals surface area (Å²) in [4.78, 5) is 28.2. The quantitative estimate of drug-likeness (QED) is 0.819. The van der Waals surface area contributed by atoms with Crippen LogP contribution in [-0.2, 0) is 16.1 Å². The summed E-state index contributed by atoms with van der Waals surface area (Å²) >= 11 is 0. The number of rotatable bonds is 4. The van der Waals surface area contributed by atoms with Crippen LogP contribution in [0.2, 0.25) is 0 Å². The summed E-state index contributed by atoms with van der Waals surface area (Å²) in [6, 6.07) is -0.634. The van der Waals surface area contributed by atoms with Crippen molar-refractivity contribution in [2.24, 2.45) is 0 Å². The minimum Gasteiger partial charge on any atom is -0.480 e. The molecule has 92 valence electrons. The maximum atomic E-state index is 11.9. The maximum Gasteiger partial charge on any atom is 0.326 e. The van der Waals surface area contributed by atoms with E-state index in [1.807, 2.05) is 4.57 Å². The van der Waals surface area contributed by atoms with Gasteiger partial charge < -0.3 is 14.6 Å². The zero-order valence-corrected chi connectivity index (χ0v) is 9.45. The first-order valence-electron chi connectivity index (χ1n) is 5.66. The second-order valence-electron chi connectivity index (χ2n) is 4.13. The van der Waals surface area contributed by atoms with E-state index in [0.29, 0.717) is 25.9 Å². The van der Waals surface area contributed by atoms with Crippen molar-refractivity contribution in [3.05, 3.63) is 18.7 Å². The van der Waals surface area contributed by atoms with Crippen LogP contribution in [0, 0.1) is 0 Å². The fourth-order valence-corrected chi connectivity index (χ4v) is 2.11. The number of imidazole rings is 1. The molecule has 1 aliphatic rings. The Labute approximate surface area is 98.9 Å². The molecular formula is C11H15N3O3. The van der Waals surface area contributed by atoms with E-state index in [2.05, 4.69) is 4.98 Å². The Morgan fingerprint density at radius 3 is 2.94 bits per heavy atom. The topological polar surface area (TPSA) is 75.4 Å². The first-order chi connectivity index (χ1) is 8.18. The van der Waals surface area contributed by atoms with E-state index in [1.54, 1.807) is 18.7 Å². The second-order valence-corrected chi connectivity index (χ2v) is 4.13. The van der Waals surface area contributed by atoms with Gasteiger partial charge in [-0.3, -0.25) is 4.79 Å². The molecule has 1 amide bonds. The molecule has 0 aromatic carbocycles. The van der Waals surface area contributed by atoms with Gasteiger partial charge in [0.1, 0.15) is 6.04 Å². The first-order valence-corrected chi connectivity index (χ1v) is 5.66. The van der Waals surface area contributed by atoms with Crippen molar-refractivity contribution in [3.8, 4) is 0 Å². The molecular weight excluding hydrogens is 222 g/mol. The SMILES string of the molecule is O=C(O)C1CCCN1C(=O)CCn1ccnc1. The van der Waals surface area contributed by atoms with Crippen LogP contribution < -0.4 is 0 Å². The fraction of sp³-hybridized carbons (Fsp3) is 0.545. The highest BCUT2D eigenvalue weighted by molar-refractivity contribution is 5.84. The van der Waals surface area contributed by atoms with Gasteiger partial charge in [-0.1, -0.05) is 0 Å². The zero-order chi connectivity index (χ0) is 12.3. The molecule has 0 bridgehead atoms. The monoisotopic (exact) mass is 237 g/mol. The highest BCUT2D eigenvalue weighted by atomic mass is 16.4. The van der Waals surface area contributed by atoms with Crippen LogP contribution in [0.4, 0.5) is 0 Å². The molecule has 0 aliphatic carbocycles. The van der Waals surface area contributed by atoms with E-state index in [4.69, 9.17) is 5.11 Å². The zero-order valence-electron chi connectivity index (χ0n) is 9.45. The van der Waals surface area contributed by atoms with Crippen molar-refractivity contribution in [1.29, 1.82) is 0 Å². The van der Waals surface area contributed by atoms with Gasteiger partial charge in [0.2, 0.25) is 5.91 Å². The Kier molecular flexibility index (Phi) is 3.41. The number of hydrogen-bond donors (Lipinski definition) is 1. The van der Waals surface area contributed by atoms with Gasteiger partial charge in [0.25, 0.3) is 0 Å². The van der Waals surface area contributed by atoms with Crippen LogP contribution in [0.5, 0.6) is 0 Å². The molecule has 6 heteroatoms. The van der Waals surface area contributed by atoms with Crippen LogP contribution >= 0.6 is 0 Å². The summed E-state index contributed by atoms with van der Waals surface area (Å²) in [5.74, 6) is -0.998. The Balaban J connectivity index is 1.89. The summed E-state index contributed by atoms with van der Waals surface area (Å²) in [5.41, 5.74) is 0. The number of hydrogen-bond acceptors (Lipinski definition) is 3. The van der Waals surface area contributed by atoms with Gasteiger partial charge in [-0.2, -0.15) is 0 Å². The summed E-state index contributed by atoms with van der Waals surface area (Å²) in [5, 5.41) is 8.98. The number of carbonyl (C=O) groups is 2. The Morgan fingerprint density at radius 2 is 2.29 bits per heavy atom. The first kappa shape index (κ1) is 11.6. The van der Waals surface area contributed by atoms with E-state index >= 15 is 0 Å². The highest BCUT2D eigenvalue weighted by Crippen LogP contribution is 2.18. The largest absolute Gasteiger partial charge is 0.480 e. The third-order valence-corrected chi connectivity index (χ3v) is 3.00. The third kappa shape index (κ3) is 2.64. The van der Waals surface area contributed by atoms with Crippen molar-refractivity contribution >= 4 is 11.9 Å². The number of aromatic nitrogens is 2. The summed E-state index contributed by atoms with van der Waals surface area (Å²) < 4.78 is 1.81. The van der Waals surface area contributed by atoms with Crippen LogP contribution in [0.15, 0.2) is 18.7 Å². The van der Waals surface area contributed by atoms with Crippen LogP contribution in [0.25, 0.3) is 0 Å². The summed E-state index contributed by atoms with van der Waals surface area (Å²) in [6.45, 7) is 1.10. The number of carboxylic acid groups (broad SMARTS) is 1. The number of aryl methyl sites for hydroxylation is 1. The minimum absolute atomic E-state index is 0.0939. The fourth-order valence-electron chi connectivity index (χ4n) is 2.11. The van der Waals surface area contributed by atoms with Crippen molar-refractivity contribution in [2.75, 3.05) is 6.54 Å². The van der Waals surface area contributed by atoms with E-state index in [1.165, 1.54) is 4.90 Å². The Bertz CT molecular complexity index is 402. The lowest BCUT2D eigenvalue weighted by Gasteiger charge is -2.21. The van der Waals surface area contributed by atoms with Crippen molar-refractivity contribution in [1.82, 2.24) is 14.5 Å². The highest BCUT2D eigenvalue weighted by Gasteiger charge is 2.33. The van der Waals surface area contributed by atoms with E-state index in [0.717, 1.165) is 6.42 Å². The Morgan fingerprint density at radius 1 is 1.47 bits per heavy atom. The molecule has 0 saturated carbocycles. The molecule has 6 nitrogen and oxygen atoms in total. The van der Waals surface area contributed by atoms with E-state index < -0.39 is 12.0 Å². The number of aliphatic carboxylic acids is 1. The molecule has 1 aromatic heterocycles. The normalized spacial score (nSPS) is 19.5. The third-order valence-electron chi connectivity index (χ3n) is 3.00. The number of likely N-dealkylation sites (tertiary alicyclic amines) is 1. The van der Waals surface area contributed by atoms with Gasteiger partial charge in [-0.05, 0) is 12.8 Å². The molecule has 1 fully saturated rings. The van der Waals surface area contributed by atoms with Crippen LogP contribution in [-0.4, -0.2) is 44.0 Å². The van der Waals surface area contributed by atoms with Crippen molar-refractivity contribution < 1.29 is 14.7 Å². The number of amides is 1. The van der Waals surface area contributed by atoms with Gasteiger partial charge in [0, 0.05) is 31.9 Å². The Hall–Kier alpha value is -1.85. The predicted molar refractivity (Wildman–Crippen MR) is 59.2 cm³/mol. The number of nitrogens with zero attached hydrogens (tertiary/aromatic N) is 3. The van der Waals surface area contributed by atoms with Gasteiger partial charge in [-0.15, -0.1) is 0 Å². The average molecular weight is 237 g/mol. The van der Waals surface area contributed by atoms with E-state index in [9.17, 15) is 9.59 Å². The standard InChI is InChI=1S/C11H15N3O3/c15-10(3-6-13-7-4-12-8-13)14-5-1-2-9(14)11(16)17/h4,7-9H,1-3,5-6H2,(H,16,17). The molecule has 0 spiro atoms. The summed E-state index contributed by atoms with van der Waals surface area (Å²) in [6.07, 6.45) is 6.73. The van der Waals surface area contributed by atoms with Gasteiger partial charge in [-0.25, -0.2) is 9.78 Å².